The van der Waals surface area contributed by atoms with E-state index in [1.54, 1.807) is 17.4 Å². The molecule has 88 valence electrons. The second-order valence-electron chi connectivity index (χ2n) is 3.07. The number of carbonyl (C=O) groups excluding carboxylic acids is 1. The zero-order valence-electron chi connectivity index (χ0n) is 8.16. The second-order valence-corrected chi connectivity index (χ2v) is 3.07. The van der Waals surface area contributed by atoms with Crippen molar-refractivity contribution in [2.45, 2.75) is 12.2 Å². The van der Waals surface area contributed by atoms with E-state index >= 15 is 0 Å². The standard InChI is InChI=1S/C9H10F3N3O/c10-9(11,12)5-15-8(16)7(13)6-3-1-2-4-14-6/h1-4,7H,5,13H2,(H,15,16). The number of nitrogens with zero attached hydrogens (tertiary/aromatic N) is 1. The Balaban J connectivity index is 2.55. The summed E-state index contributed by atoms with van der Waals surface area (Å²) in [6.45, 7) is -1.40. The number of nitrogens with two attached hydrogens (primary N) is 1. The van der Waals surface area contributed by atoms with Crippen molar-refractivity contribution < 1.29 is 18.0 Å². The predicted molar refractivity (Wildman–Crippen MR) is 50.2 cm³/mol. The van der Waals surface area contributed by atoms with E-state index in [1.807, 2.05) is 0 Å². The molecule has 0 aromatic carbocycles. The van der Waals surface area contributed by atoms with E-state index < -0.39 is 24.7 Å². The molecule has 4 nitrogen and oxygen atoms in total. The molecule has 0 saturated heterocycles. The minimum Gasteiger partial charge on any atom is -0.345 e. The van der Waals surface area contributed by atoms with E-state index in [0.29, 0.717) is 0 Å². The van der Waals surface area contributed by atoms with Crippen LogP contribution in [0, 0.1) is 0 Å². The lowest BCUT2D eigenvalue weighted by Crippen LogP contribution is -2.39. The first kappa shape index (κ1) is 12.4. The van der Waals surface area contributed by atoms with E-state index in [9.17, 15) is 18.0 Å². The average Bonchev–Trinajstić information content (AvgIpc) is 2.25. The number of alkyl halides is 3. The molecule has 1 atom stereocenters. The summed E-state index contributed by atoms with van der Waals surface area (Å²) in [5, 5.41) is 1.69. The molecule has 1 aromatic heterocycles. The van der Waals surface area contributed by atoms with Crippen molar-refractivity contribution in [2.24, 2.45) is 5.73 Å². The molecule has 1 aromatic rings. The highest BCUT2D eigenvalue weighted by Gasteiger charge is 2.29. The SMILES string of the molecule is NC(C(=O)NCC(F)(F)F)c1ccccn1. The van der Waals surface area contributed by atoms with Crippen LogP contribution in [0.4, 0.5) is 13.2 Å². The Kier molecular flexibility index (Phi) is 3.83. The van der Waals surface area contributed by atoms with Crippen LogP contribution < -0.4 is 11.1 Å². The average molecular weight is 233 g/mol. The predicted octanol–water partition coefficient (Wildman–Crippen LogP) is 0.760. The summed E-state index contributed by atoms with van der Waals surface area (Å²) in [5.74, 6) is -0.906. The van der Waals surface area contributed by atoms with Gasteiger partial charge in [-0.15, -0.1) is 0 Å². The summed E-state index contributed by atoms with van der Waals surface area (Å²) >= 11 is 0. The molecule has 1 heterocycles. The Bertz CT molecular complexity index is 353. The summed E-state index contributed by atoms with van der Waals surface area (Å²) < 4.78 is 35.4. The van der Waals surface area contributed by atoms with Gasteiger partial charge in [0.1, 0.15) is 12.6 Å². The van der Waals surface area contributed by atoms with Gasteiger partial charge in [0.15, 0.2) is 0 Å². The molecule has 16 heavy (non-hydrogen) atoms. The lowest BCUT2D eigenvalue weighted by molar-refractivity contribution is -0.139. The molecule has 0 aliphatic heterocycles. The number of hydrogen-bond acceptors (Lipinski definition) is 3. The third kappa shape index (κ3) is 3.85. The number of hydrogen-bond donors (Lipinski definition) is 2. The van der Waals surface area contributed by atoms with Crippen LogP contribution in [-0.4, -0.2) is 23.6 Å². The number of pyridine rings is 1. The Hall–Kier alpha value is -1.63. The van der Waals surface area contributed by atoms with Crippen molar-refractivity contribution in [3.05, 3.63) is 30.1 Å². The van der Waals surface area contributed by atoms with Crippen LogP contribution >= 0.6 is 0 Å². The summed E-state index contributed by atoms with van der Waals surface area (Å²) in [6.07, 6.45) is -3.04. The molecule has 1 amide bonds. The number of aromatic nitrogens is 1. The van der Waals surface area contributed by atoms with Gasteiger partial charge in [0.25, 0.3) is 0 Å². The quantitative estimate of drug-likeness (QED) is 0.809. The molecule has 0 saturated carbocycles. The smallest absolute Gasteiger partial charge is 0.345 e. The number of halogens is 3. The highest BCUT2D eigenvalue weighted by atomic mass is 19.4. The number of nitrogens with one attached hydrogen (secondary N) is 1. The van der Waals surface area contributed by atoms with E-state index in [2.05, 4.69) is 4.98 Å². The topological polar surface area (TPSA) is 68.0 Å². The van der Waals surface area contributed by atoms with Gasteiger partial charge in [0.2, 0.25) is 5.91 Å². The molecule has 1 rings (SSSR count). The Morgan fingerprint density at radius 1 is 1.50 bits per heavy atom. The van der Waals surface area contributed by atoms with Gasteiger partial charge in [-0.1, -0.05) is 6.07 Å². The van der Waals surface area contributed by atoms with Gasteiger partial charge < -0.3 is 11.1 Å². The lowest BCUT2D eigenvalue weighted by Gasteiger charge is -2.12. The van der Waals surface area contributed by atoms with E-state index in [0.717, 1.165) is 0 Å². The van der Waals surface area contributed by atoms with Crippen molar-refractivity contribution in [1.29, 1.82) is 0 Å². The van der Waals surface area contributed by atoms with Gasteiger partial charge in [0.05, 0.1) is 5.69 Å². The molecule has 3 N–H and O–H groups in total. The van der Waals surface area contributed by atoms with Gasteiger partial charge in [-0.2, -0.15) is 13.2 Å². The maximum absolute atomic E-state index is 11.8. The molecule has 0 aliphatic rings. The van der Waals surface area contributed by atoms with E-state index in [-0.39, 0.29) is 5.69 Å². The maximum Gasteiger partial charge on any atom is 0.405 e. The molecule has 0 bridgehead atoms. The Morgan fingerprint density at radius 3 is 2.69 bits per heavy atom. The third-order valence-corrected chi connectivity index (χ3v) is 1.75. The largest absolute Gasteiger partial charge is 0.405 e. The zero-order valence-corrected chi connectivity index (χ0v) is 8.16. The summed E-state index contributed by atoms with van der Waals surface area (Å²) in [5.41, 5.74) is 5.65. The normalized spacial score (nSPS) is 13.2. The fourth-order valence-electron chi connectivity index (χ4n) is 0.992. The first-order valence-electron chi connectivity index (χ1n) is 4.41. The van der Waals surface area contributed by atoms with Crippen LogP contribution in [0.3, 0.4) is 0 Å². The highest BCUT2D eigenvalue weighted by Crippen LogP contribution is 2.13. The summed E-state index contributed by atoms with van der Waals surface area (Å²) in [7, 11) is 0. The minimum absolute atomic E-state index is 0.224. The summed E-state index contributed by atoms with van der Waals surface area (Å²) in [4.78, 5) is 15.0. The number of rotatable bonds is 3. The molecule has 0 spiro atoms. The molecule has 1 unspecified atom stereocenters. The first-order chi connectivity index (χ1) is 7.40. The van der Waals surface area contributed by atoms with Crippen LogP contribution in [0.1, 0.15) is 11.7 Å². The van der Waals surface area contributed by atoms with Crippen LogP contribution in [0.2, 0.25) is 0 Å². The van der Waals surface area contributed by atoms with Crippen LogP contribution in [0.15, 0.2) is 24.4 Å². The zero-order chi connectivity index (χ0) is 12.2. The fourth-order valence-corrected chi connectivity index (χ4v) is 0.992. The van der Waals surface area contributed by atoms with Crippen LogP contribution in [0.25, 0.3) is 0 Å². The minimum atomic E-state index is -4.44. The van der Waals surface area contributed by atoms with Crippen molar-refractivity contribution >= 4 is 5.91 Å². The van der Waals surface area contributed by atoms with Crippen LogP contribution in [-0.2, 0) is 4.79 Å². The van der Waals surface area contributed by atoms with Gasteiger partial charge >= 0.3 is 6.18 Å². The maximum atomic E-state index is 11.8. The van der Waals surface area contributed by atoms with Gasteiger partial charge in [-0.25, -0.2) is 0 Å². The molecule has 0 radical (unpaired) electrons. The van der Waals surface area contributed by atoms with Crippen molar-refractivity contribution in [3.63, 3.8) is 0 Å². The number of amides is 1. The van der Waals surface area contributed by atoms with Gasteiger partial charge in [0, 0.05) is 6.20 Å². The molecular formula is C9H10F3N3O. The van der Waals surface area contributed by atoms with Gasteiger partial charge in [-0.3, -0.25) is 9.78 Å². The van der Waals surface area contributed by atoms with E-state index in [1.165, 1.54) is 12.3 Å². The van der Waals surface area contributed by atoms with Crippen LogP contribution in [0.5, 0.6) is 0 Å². The van der Waals surface area contributed by atoms with E-state index in [4.69, 9.17) is 5.73 Å². The monoisotopic (exact) mass is 233 g/mol. The van der Waals surface area contributed by atoms with Gasteiger partial charge in [-0.05, 0) is 12.1 Å². The van der Waals surface area contributed by atoms with Crippen molar-refractivity contribution in [2.75, 3.05) is 6.54 Å². The lowest BCUT2D eigenvalue weighted by atomic mass is 10.2. The number of carbonyl (C=O) groups is 1. The molecule has 7 heteroatoms. The Morgan fingerprint density at radius 2 is 2.19 bits per heavy atom. The second kappa shape index (κ2) is 4.93. The molecule has 0 aliphatic carbocycles. The third-order valence-electron chi connectivity index (χ3n) is 1.75. The van der Waals surface area contributed by atoms with Crippen molar-refractivity contribution in [3.8, 4) is 0 Å². The summed E-state index contributed by atoms with van der Waals surface area (Å²) in [6, 6.07) is 3.49. The Labute approximate surface area is 89.7 Å². The highest BCUT2D eigenvalue weighted by molar-refractivity contribution is 5.82. The first-order valence-corrected chi connectivity index (χ1v) is 4.41. The van der Waals surface area contributed by atoms with Crippen molar-refractivity contribution in [1.82, 2.24) is 10.3 Å². The molecular weight excluding hydrogens is 223 g/mol. The molecule has 0 fully saturated rings. The fraction of sp³-hybridized carbons (Fsp3) is 0.333.